The number of thiophene rings is 2. The summed E-state index contributed by atoms with van der Waals surface area (Å²) in [6.45, 7) is 2.89. The van der Waals surface area contributed by atoms with E-state index in [9.17, 15) is 0 Å². The van der Waals surface area contributed by atoms with Crippen molar-refractivity contribution < 1.29 is 0 Å². The third kappa shape index (κ3) is 3.23. The van der Waals surface area contributed by atoms with E-state index in [0.29, 0.717) is 8.67 Å². The minimum atomic E-state index is 0.0278. The Morgan fingerprint density at radius 3 is 2.39 bits per heavy atom. The average molecular weight is 406 g/mol. The SMILES string of the molecule is CCNC(c1cc(Br)c(Cl)s1)c1cc(Cl)sc1Cl. The monoisotopic (exact) mass is 403 g/mol. The summed E-state index contributed by atoms with van der Waals surface area (Å²) in [5.41, 5.74) is 0.999. The van der Waals surface area contributed by atoms with Crippen LogP contribution in [0, 0.1) is 0 Å². The molecule has 1 nitrogen and oxygen atoms in total. The van der Waals surface area contributed by atoms with E-state index in [0.717, 1.165) is 25.8 Å². The van der Waals surface area contributed by atoms with E-state index in [1.54, 1.807) is 0 Å². The molecule has 18 heavy (non-hydrogen) atoms. The summed E-state index contributed by atoms with van der Waals surface area (Å²) in [7, 11) is 0. The van der Waals surface area contributed by atoms with Gasteiger partial charge in [-0.1, -0.05) is 41.7 Å². The van der Waals surface area contributed by atoms with Crippen molar-refractivity contribution in [1.82, 2.24) is 5.32 Å². The van der Waals surface area contributed by atoms with Crippen LogP contribution in [0.4, 0.5) is 0 Å². The van der Waals surface area contributed by atoms with Gasteiger partial charge in [-0.15, -0.1) is 22.7 Å². The zero-order chi connectivity index (χ0) is 13.3. The average Bonchev–Trinajstić information content (AvgIpc) is 2.79. The predicted molar refractivity (Wildman–Crippen MR) is 86.9 cm³/mol. The van der Waals surface area contributed by atoms with Gasteiger partial charge in [-0.3, -0.25) is 0 Å². The van der Waals surface area contributed by atoms with Crippen molar-refractivity contribution in [3.63, 3.8) is 0 Å². The number of hydrogen-bond donors (Lipinski definition) is 1. The van der Waals surface area contributed by atoms with Crippen LogP contribution in [0.5, 0.6) is 0 Å². The third-order valence-electron chi connectivity index (χ3n) is 2.35. The van der Waals surface area contributed by atoms with Crippen molar-refractivity contribution in [2.24, 2.45) is 0 Å². The zero-order valence-corrected chi connectivity index (χ0v) is 14.8. The Labute approximate surface area is 137 Å². The first-order valence-electron chi connectivity index (χ1n) is 5.15. The molecule has 0 aromatic carbocycles. The van der Waals surface area contributed by atoms with Gasteiger partial charge in [0, 0.05) is 14.9 Å². The second-order valence-corrected chi connectivity index (χ2v) is 8.37. The molecule has 1 atom stereocenters. The maximum absolute atomic E-state index is 6.23. The van der Waals surface area contributed by atoms with Gasteiger partial charge in [0.25, 0.3) is 0 Å². The quantitative estimate of drug-likeness (QED) is 0.636. The second-order valence-electron chi connectivity index (χ2n) is 3.54. The molecule has 7 heteroatoms. The standard InChI is InChI=1S/C11H9BrCl3NS2/c1-2-16-9(5-3-8(13)18-10(5)14)7-4-6(12)11(15)17-7/h3-4,9,16H,2H2,1H3. The molecule has 2 heterocycles. The van der Waals surface area contributed by atoms with Crippen molar-refractivity contribution >= 4 is 73.4 Å². The van der Waals surface area contributed by atoms with Gasteiger partial charge in [0.2, 0.25) is 0 Å². The number of rotatable bonds is 4. The maximum Gasteiger partial charge on any atom is 0.107 e. The van der Waals surface area contributed by atoms with Crippen LogP contribution >= 0.6 is 73.4 Å². The normalized spacial score (nSPS) is 12.9. The lowest BCUT2D eigenvalue weighted by atomic mass is 10.1. The van der Waals surface area contributed by atoms with Gasteiger partial charge in [-0.2, -0.15) is 0 Å². The minimum absolute atomic E-state index is 0.0278. The molecule has 0 radical (unpaired) electrons. The first kappa shape index (κ1) is 15.1. The molecule has 2 rings (SSSR count). The molecule has 1 N–H and O–H groups in total. The van der Waals surface area contributed by atoms with Crippen LogP contribution in [0.25, 0.3) is 0 Å². The van der Waals surface area contributed by atoms with E-state index in [1.165, 1.54) is 22.7 Å². The van der Waals surface area contributed by atoms with E-state index >= 15 is 0 Å². The Hall–Kier alpha value is 0.710. The molecule has 0 spiro atoms. The van der Waals surface area contributed by atoms with Crippen LogP contribution in [0.2, 0.25) is 13.0 Å². The van der Waals surface area contributed by atoms with Crippen LogP contribution in [0.15, 0.2) is 16.6 Å². The summed E-state index contributed by atoms with van der Waals surface area (Å²) in [4.78, 5) is 1.12. The molecule has 0 saturated carbocycles. The van der Waals surface area contributed by atoms with Crippen molar-refractivity contribution in [1.29, 1.82) is 0 Å². The largest absolute Gasteiger partial charge is 0.306 e. The highest BCUT2D eigenvalue weighted by molar-refractivity contribution is 9.10. The van der Waals surface area contributed by atoms with Gasteiger partial charge in [-0.05, 0) is 34.6 Å². The number of halogens is 4. The van der Waals surface area contributed by atoms with Crippen molar-refractivity contribution in [2.45, 2.75) is 13.0 Å². The summed E-state index contributed by atoms with van der Waals surface area (Å²) in [6, 6.07) is 3.95. The van der Waals surface area contributed by atoms with Gasteiger partial charge in [-0.25, -0.2) is 0 Å². The predicted octanol–water partition coefficient (Wildman–Crippen LogP) is 6.23. The van der Waals surface area contributed by atoms with E-state index in [1.807, 2.05) is 12.1 Å². The lowest BCUT2D eigenvalue weighted by Crippen LogP contribution is -2.20. The molecule has 0 saturated heterocycles. The first-order chi connectivity index (χ1) is 8.52. The van der Waals surface area contributed by atoms with Gasteiger partial charge in [0.1, 0.15) is 4.34 Å². The molecule has 0 amide bonds. The van der Waals surface area contributed by atoms with Crippen LogP contribution in [-0.2, 0) is 0 Å². The molecule has 0 aliphatic rings. The molecule has 2 aromatic heterocycles. The van der Waals surface area contributed by atoms with Gasteiger partial charge >= 0.3 is 0 Å². The van der Waals surface area contributed by atoms with E-state index < -0.39 is 0 Å². The highest BCUT2D eigenvalue weighted by Gasteiger charge is 2.21. The molecule has 0 fully saturated rings. The van der Waals surface area contributed by atoms with Crippen LogP contribution in [-0.4, -0.2) is 6.54 Å². The lowest BCUT2D eigenvalue weighted by molar-refractivity contribution is 0.641. The molecule has 1 unspecified atom stereocenters. The molecule has 98 valence electrons. The smallest absolute Gasteiger partial charge is 0.107 e. The summed E-state index contributed by atoms with van der Waals surface area (Å²) >= 11 is 24.7. The Balaban J connectivity index is 2.42. The Morgan fingerprint density at radius 1 is 1.22 bits per heavy atom. The highest BCUT2D eigenvalue weighted by Crippen LogP contribution is 2.42. The van der Waals surface area contributed by atoms with Crippen LogP contribution in [0.1, 0.15) is 23.4 Å². The fourth-order valence-corrected chi connectivity index (χ4v) is 4.99. The first-order valence-corrected chi connectivity index (χ1v) is 8.71. The van der Waals surface area contributed by atoms with E-state index in [4.69, 9.17) is 34.8 Å². The molecular weight excluding hydrogens is 397 g/mol. The highest BCUT2D eigenvalue weighted by atomic mass is 79.9. The Kier molecular flexibility index (Phi) is 5.40. The molecular formula is C11H9BrCl3NS2. The molecule has 0 aliphatic heterocycles. The lowest BCUT2D eigenvalue weighted by Gasteiger charge is -2.15. The van der Waals surface area contributed by atoms with E-state index in [-0.39, 0.29) is 6.04 Å². The van der Waals surface area contributed by atoms with Crippen LogP contribution in [0.3, 0.4) is 0 Å². The van der Waals surface area contributed by atoms with E-state index in [2.05, 4.69) is 28.2 Å². The molecule has 0 aliphatic carbocycles. The molecule has 0 bridgehead atoms. The van der Waals surface area contributed by atoms with Gasteiger partial charge < -0.3 is 5.32 Å². The topological polar surface area (TPSA) is 12.0 Å². The summed E-state index contributed by atoms with van der Waals surface area (Å²) in [5, 5.41) is 3.40. The fourth-order valence-electron chi connectivity index (χ4n) is 1.62. The van der Waals surface area contributed by atoms with Crippen molar-refractivity contribution in [3.05, 3.63) is 40.1 Å². The Bertz CT molecular complexity index is 533. The van der Waals surface area contributed by atoms with Crippen LogP contribution < -0.4 is 5.32 Å². The fraction of sp³-hybridized carbons (Fsp3) is 0.273. The third-order valence-corrected chi connectivity index (χ3v) is 6.41. The summed E-state index contributed by atoms with van der Waals surface area (Å²) < 4.78 is 3.06. The summed E-state index contributed by atoms with van der Waals surface area (Å²) in [6.07, 6.45) is 0. The minimum Gasteiger partial charge on any atom is -0.306 e. The summed E-state index contributed by atoms with van der Waals surface area (Å²) in [5.74, 6) is 0. The Morgan fingerprint density at radius 2 is 1.94 bits per heavy atom. The second kappa shape index (κ2) is 6.44. The zero-order valence-electron chi connectivity index (χ0n) is 9.27. The van der Waals surface area contributed by atoms with Gasteiger partial charge in [0.05, 0.1) is 14.7 Å². The van der Waals surface area contributed by atoms with Gasteiger partial charge in [0.15, 0.2) is 0 Å². The van der Waals surface area contributed by atoms with Crippen molar-refractivity contribution in [3.8, 4) is 0 Å². The number of nitrogens with one attached hydrogen (secondary N) is 1. The van der Waals surface area contributed by atoms with Crippen molar-refractivity contribution in [2.75, 3.05) is 6.54 Å². The maximum atomic E-state index is 6.23. The number of hydrogen-bond acceptors (Lipinski definition) is 3. The molecule has 2 aromatic rings.